The highest BCUT2D eigenvalue weighted by Crippen LogP contribution is 2.13. The zero-order chi connectivity index (χ0) is 32.9. The summed E-state index contributed by atoms with van der Waals surface area (Å²) < 4.78 is 0. The van der Waals surface area contributed by atoms with Crippen molar-refractivity contribution in [1.82, 2.24) is 46.0 Å². The normalized spacial score (nSPS) is 9.47. The maximum Gasteiger partial charge on any atom is 0.0886 e. The molecular formula is C40H32N9. The van der Waals surface area contributed by atoms with E-state index >= 15 is 0 Å². The number of pyridine rings is 8. The minimum atomic E-state index is 0. The van der Waals surface area contributed by atoms with Gasteiger partial charge >= 0.3 is 0 Å². The van der Waals surface area contributed by atoms with E-state index in [4.69, 9.17) is 0 Å². The van der Waals surface area contributed by atoms with Crippen LogP contribution in [0, 0.1) is 0 Å². The van der Waals surface area contributed by atoms with E-state index in [-0.39, 0.29) is 6.15 Å². The molecule has 0 amide bonds. The molecule has 0 bridgehead atoms. The van der Waals surface area contributed by atoms with Crippen LogP contribution >= 0.6 is 0 Å². The van der Waals surface area contributed by atoms with Crippen molar-refractivity contribution in [2.75, 3.05) is 0 Å². The minimum absolute atomic E-state index is 0. The molecular weight excluding hydrogens is 607 g/mol. The summed E-state index contributed by atoms with van der Waals surface area (Å²) in [5, 5.41) is 0. The molecule has 0 aliphatic heterocycles. The molecule has 0 saturated heterocycles. The van der Waals surface area contributed by atoms with Crippen molar-refractivity contribution < 1.29 is 0 Å². The first-order valence-corrected chi connectivity index (χ1v) is 15.2. The van der Waals surface area contributed by atoms with Gasteiger partial charge in [-0.3, -0.25) is 39.9 Å². The number of aromatic nitrogens is 8. The summed E-state index contributed by atoms with van der Waals surface area (Å²) in [6.07, 6.45) is 14.1. The zero-order valence-electron chi connectivity index (χ0n) is 26.5. The van der Waals surface area contributed by atoms with Gasteiger partial charge in [0, 0.05) is 55.7 Å². The van der Waals surface area contributed by atoms with Gasteiger partial charge in [-0.25, -0.2) is 0 Å². The molecule has 0 aromatic carbocycles. The summed E-state index contributed by atoms with van der Waals surface area (Å²) in [6.45, 7) is 0. The van der Waals surface area contributed by atoms with Crippen molar-refractivity contribution in [3.05, 3.63) is 195 Å². The fraction of sp³-hybridized carbons (Fsp3) is 0. The van der Waals surface area contributed by atoms with Crippen LogP contribution in [0.2, 0.25) is 0 Å². The van der Waals surface area contributed by atoms with Crippen LogP contribution in [0.15, 0.2) is 195 Å². The molecule has 8 heterocycles. The first-order chi connectivity index (χ1) is 23.9. The van der Waals surface area contributed by atoms with E-state index in [1.165, 1.54) is 0 Å². The zero-order valence-corrected chi connectivity index (χ0v) is 26.5. The highest BCUT2D eigenvalue weighted by Gasteiger charge is 1.98. The monoisotopic (exact) mass is 638 g/mol. The maximum atomic E-state index is 4.19. The predicted molar refractivity (Wildman–Crippen MR) is 192 cm³/mol. The Kier molecular flexibility index (Phi) is 14.5. The van der Waals surface area contributed by atoms with Crippen LogP contribution < -0.4 is 6.15 Å². The van der Waals surface area contributed by atoms with Gasteiger partial charge in [-0.15, -0.1) is 0 Å². The van der Waals surface area contributed by atoms with E-state index in [0.29, 0.717) is 0 Å². The third-order valence-corrected chi connectivity index (χ3v) is 6.37. The smallest absolute Gasteiger partial charge is 0.0886 e. The quantitative estimate of drug-likeness (QED) is 0.189. The average Bonchev–Trinajstić information content (AvgIpc) is 3.21. The number of hydrogen-bond donors (Lipinski definition) is 0. The topological polar surface area (TPSA) is 134 Å². The third-order valence-electron chi connectivity index (χ3n) is 6.37. The maximum absolute atomic E-state index is 4.19. The van der Waals surface area contributed by atoms with Crippen molar-refractivity contribution in [3.8, 4) is 45.6 Å². The Morgan fingerprint density at radius 2 is 0.306 bits per heavy atom. The van der Waals surface area contributed by atoms with Gasteiger partial charge in [-0.05, 0) is 97.1 Å². The van der Waals surface area contributed by atoms with Crippen LogP contribution in [0.1, 0.15) is 0 Å². The summed E-state index contributed by atoms with van der Waals surface area (Å²) >= 11 is 0. The van der Waals surface area contributed by atoms with E-state index in [1.54, 1.807) is 49.6 Å². The van der Waals surface area contributed by atoms with Gasteiger partial charge in [0.25, 0.3) is 0 Å². The lowest BCUT2D eigenvalue weighted by Crippen LogP contribution is -1.83. The van der Waals surface area contributed by atoms with Crippen LogP contribution in [-0.2, 0) is 0 Å². The molecule has 0 aliphatic carbocycles. The molecule has 0 atom stereocenters. The summed E-state index contributed by atoms with van der Waals surface area (Å²) in [6, 6.07) is 46.4. The van der Waals surface area contributed by atoms with Crippen molar-refractivity contribution in [1.29, 1.82) is 0 Å². The van der Waals surface area contributed by atoms with Crippen molar-refractivity contribution >= 4 is 0 Å². The van der Waals surface area contributed by atoms with Crippen molar-refractivity contribution in [3.63, 3.8) is 0 Å². The first kappa shape index (κ1) is 35.0. The Morgan fingerprint density at radius 1 is 0.184 bits per heavy atom. The Labute approximate surface area is 286 Å². The second-order valence-corrected chi connectivity index (χ2v) is 9.72. The predicted octanol–water partition coefficient (Wildman–Crippen LogP) is 8.09. The van der Waals surface area contributed by atoms with E-state index in [9.17, 15) is 0 Å². The van der Waals surface area contributed by atoms with Gasteiger partial charge in [-0.1, -0.05) is 48.5 Å². The molecule has 8 aromatic rings. The fourth-order valence-electron chi connectivity index (χ4n) is 4.11. The molecule has 8 aromatic heterocycles. The molecule has 0 aliphatic rings. The molecule has 9 heteroatoms. The molecule has 0 fully saturated rings. The van der Waals surface area contributed by atoms with Gasteiger partial charge in [0.1, 0.15) is 0 Å². The van der Waals surface area contributed by atoms with E-state index in [1.807, 2.05) is 146 Å². The lowest BCUT2D eigenvalue weighted by molar-refractivity contribution is 1.25. The summed E-state index contributed by atoms with van der Waals surface area (Å²) in [7, 11) is 0. The van der Waals surface area contributed by atoms with E-state index in [2.05, 4.69) is 39.9 Å². The molecule has 237 valence electrons. The summed E-state index contributed by atoms with van der Waals surface area (Å²) in [5.74, 6) is 0. The van der Waals surface area contributed by atoms with E-state index < -0.39 is 0 Å². The van der Waals surface area contributed by atoms with Gasteiger partial charge in [0.05, 0.1) is 45.6 Å². The Hall–Kier alpha value is -6.84. The Bertz CT molecular complexity index is 1520. The molecule has 49 heavy (non-hydrogen) atoms. The van der Waals surface area contributed by atoms with Gasteiger partial charge in [0.2, 0.25) is 0 Å². The lowest BCUT2D eigenvalue weighted by Gasteiger charge is -1.96. The number of rotatable bonds is 4. The lowest BCUT2D eigenvalue weighted by atomic mass is 10.2. The number of hydrogen-bond acceptors (Lipinski definition) is 8. The van der Waals surface area contributed by atoms with Gasteiger partial charge in [0.15, 0.2) is 0 Å². The SMILES string of the molecule is [N].c1ccc(-c2ccccn2)nc1.c1ccc(-c2ccccn2)nc1.c1ccc(-c2ccccn2)nc1.c1ccc(-c2ccccn2)nc1. The Balaban J connectivity index is 0.000000146. The minimum Gasteiger partial charge on any atom is -0.255 e. The largest absolute Gasteiger partial charge is 0.255 e. The number of nitrogens with zero attached hydrogens (tertiary/aromatic N) is 9. The second-order valence-electron chi connectivity index (χ2n) is 9.72. The van der Waals surface area contributed by atoms with Crippen LogP contribution in [-0.4, -0.2) is 39.9 Å². The van der Waals surface area contributed by atoms with Crippen molar-refractivity contribution in [2.24, 2.45) is 0 Å². The average molecular weight is 639 g/mol. The first-order valence-electron chi connectivity index (χ1n) is 15.2. The molecule has 0 spiro atoms. The highest BCUT2D eigenvalue weighted by molar-refractivity contribution is 5.54. The van der Waals surface area contributed by atoms with Crippen LogP contribution in [0.4, 0.5) is 0 Å². The fourth-order valence-corrected chi connectivity index (χ4v) is 4.11. The summed E-state index contributed by atoms with van der Waals surface area (Å²) in [5.41, 5.74) is 7.32. The third kappa shape index (κ3) is 11.8. The van der Waals surface area contributed by atoms with Crippen molar-refractivity contribution in [2.45, 2.75) is 0 Å². The Morgan fingerprint density at radius 3 is 0.388 bits per heavy atom. The second kappa shape index (κ2) is 20.3. The molecule has 0 unspecified atom stereocenters. The molecule has 9 nitrogen and oxygen atoms in total. The van der Waals surface area contributed by atoms with Gasteiger partial charge in [-0.2, -0.15) is 0 Å². The van der Waals surface area contributed by atoms with E-state index in [0.717, 1.165) is 45.6 Å². The van der Waals surface area contributed by atoms with Crippen LogP contribution in [0.3, 0.4) is 0 Å². The highest BCUT2D eigenvalue weighted by atomic mass is 14.8. The standard InChI is InChI=1S/4C10H8N2.N/c4*1-3-7-11-9(5-1)10-6-2-4-8-12-10;/h4*1-8H;. The molecule has 0 N–H and O–H groups in total. The van der Waals surface area contributed by atoms with Crippen LogP contribution in [0.5, 0.6) is 0 Å². The molecule has 0 saturated carbocycles. The van der Waals surface area contributed by atoms with Gasteiger partial charge < -0.3 is 0 Å². The molecule has 8 rings (SSSR count). The summed E-state index contributed by atoms with van der Waals surface area (Å²) in [4.78, 5) is 33.5. The van der Waals surface area contributed by atoms with Crippen LogP contribution in [0.25, 0.3) is 45.6 Å². The molecule has 3 radical (unpaired) electrons.